The molecular weight excluding hydrogens is 248 g/mol. The van der Waals surface area contributed by atoms with Gasteiger partial charge in [0.1, 0.15) is 0 Å². The Labute approximate surface area is 113 Å². The highest BCUT2D eigenvalue weighted by Crippen LogP contribution is 2.52. The van der Waals surface area contributed by atoms with E-state index in [0.29, 0.717) is 5.92 Å². The lowest BCUT2D eigenvalue weighted by Gasteiger charge is -2.56. The van der Waals surface area contributed by atoms with Gasteiger partial charge < -0.3 is 9.47 Å². The first-order valence-corrected chi connectivity index (χ1v) is 7.09. The lowest BCUT2D eigenvalue weighted by molar-refractivity contribution is -0.558. The van der Waals surface area contributed by atoms with Crippen LogP contribution in [0, 0.1) is 17.8 Å². The molecule has 19 heavy (non-hydrogen) atoms. The van der Waals surface area contributed by atoms with Gasteiger partial charge in [-0.15, -0.1) is 0 Å². The molecule has 1 saturated carbocycles. The molecule has 0 aromatic heterocycles. The van der Waals surface area contributed by atoms with Gasteiger partial charge in [-0.2, -0.15) is 0 Å². The molecule has 0 amide bonds. The maximum atomic E-state index is 12.0. The van der Waals surface area contributed by atoms with Crippen LogP contribution in [-0.2, 0) is 24.0 Å². The molecule has 3 rings (SSSR count). The minimum atomic E-state index is -0.887. The second-order valence-electron chi connectivity index (χ2n) is 6.69. The van der Waals surface area contributed by atoms with Gasteiger partial charge in [0, 0.05) is 5.92 Å². The van der Waals surface area contributed by atoms with E-state index in [4.69, 9.17) is 19.2 Å². The van der Waals surface area contributed by atoms with Crippen LogP contribution >= 0.6 is 0 Å². The van der Waals surface area contributed by atoms with Crippen molar-refractivity contribution in [2.45, 2.75) is 64.6 Å². The number of carbonyl (C=O) groups is 1. The summed E-state index contributed by atoms with van der Waals surface area (Å²) in [5, 5.41) is 0. The summed E-state index contributed by atoms with van der Waals surface area (Å²) in [4.78, 5) is 23.2. The first-order chi connectivity index (χ1) is 8.84. The van der Waals surface area contributed by atoms with Gasteiger partial charge in [-0.05, 0) is 32.6 Å². The van der Waals surface area contributed by atoms with Gasteiger partial charge in [0.25, 0.3) is 0 Å². The van der Waals surface area contributed by atoms with E-state index in [1.54, 1.807) is 13.8 Å². The van der Waals surface area contributed by atoms with Crippen molar-refractivity contribution in [1.82, 2.24) is 0 Å². The predicted octanol–water partition coefficient (Wildman–Crippen LogP) is 2.39. The highest BCUT2D eigenvalue weighted by atomic mass is 17.3. The fourth-order valence-electron chi connectivity index (χ4n) is 3.64. The van der Waals surface area contributed by atoms with Crippen molar-refractivity contribution in [2.75, 3.05) is 0 Å². The van der Waals surface area contributed by atoms with Crippen LogP contribution in [0.3, 0.4) is 0 Å². The Bertz CT molecular complexity index is 393. The molecule has 5 heteroatoms. The van der Waals surface area contributed by atoms with E-state index in [2.05, 4.69) is 6.92 Å². The second kappa shape index (κ2) is 4.17. The Morgan fingerprint density at radius 1 is 1.16 bits per heavy atom. The molecule has 5 nitrogen and oxygen atoms in total. The predicted molar refractivity (Wildman–Crippen MR) is 65.6 cm³/mol. The highest BCUT2D eigenvalue weighted by molar-refractivity contribution is 5.74. The molecule has 1 aliphatic carbocycles. The molecule has 1 spiro atoms. The maximum Gasteiger partial charge on any atom is 0.311 e. The van der Waals surface area contributed by atoms with Crippen LogP contribution in [-0.4, -0.2) is 23.6 Å². The van der Waals surface area contributed by atoms with Crippen LogP contribution in [0.2, 0.25) is 0 Å². The van der Waals surface area contributed by atoms with E-state index in [1.807, 2.05) is 6.92 Å². The zero-order valence-corrected chi connectivity index (χ0v) is 12.0. The van der Waals surface area contributed by atoms with Gasteiger partial charge in [-0.3, -0.25) is 4.79 Å². The SMILES string of the molecule is C[C@@H]1CCC2[C@@H](C)C(=O)OC3OC(C)(C)OO[C@@]32C1. The monoisotopic (exact) mass is 270 g/mol. The fourth-order valence-corrected chi connectivity index (χ4v) is 3.64. The van der Waals surface area contributed by atoms with Crippen LogP contribution in [0.1, 0.15) is 47.0 Å². The normalized spacial score (nSPS) is 48.9. The molecule has 2 heterocycles. The molecule has 0 aromatic rings. The minimum absolute atomic E-state index is 0.103. The van der Waals surface area contributed by atoms with E-state index in [-0.39, 0.29) is 17.8 Å². The lowest BCUT2D eigenvalue weighted by Crippen LogP contribution is -2.67. The third-order valence-corrected chi connectivity index (χ3v) is 4.65. The van der Waals surface area contributed by atoms with Crippen molar-refractivity contribution in [3.63, 3.8) is 0 Å². The summed E-state index contributed by atoms with van der Waals surface area (Å²) in [5.41, 5.74) is -0.638. The summed E-state index contributed by atoms with van der Waals surface area (Å²) < 4.78 is 11.3. The summed E-state index contributed by atoms with van der Waals surface area (Å²) >= 11 is 0. The van der Waals surface area contributed by atoms with Crippen molar-refractivity contribution < 1.29 is 24.0 Å². The van der Waals surface area contributed by atoms with Gasteiger partial charge in [0.2, 0.25) is 6.29 Å². The van der Waals surface area contributed by atoms with Gasteiger partial charge in [0.05, 0.1) is 5.92 Å². The highest BCUT2D eigenvalue weighted by Gasteiger charge is 2.63. The van der Waals surface area contributed by atoms with Crippen LogP contribution in [0.4, 0.5) is 0 Å². The molecule has 3 fully saturated rings. The van der Waals surface area contributed by atoms with E-state index >= 15 is 0 Å². The summed E-state index contributed by atoms with van der Waals surface area (Å²) in [6, 6.07) is 0. The van der Waals surface area contributed by atoms with Crippen LogP contribution in [0.15, 0.2) is 0 Å². The summed E-state index contributed by atoms with van der Waals surface area (Å²) in [6.45, 7) is 7.61. The number of rotatable bonds is 0. The van der Waals surface area contributed by atoms with Gasteiger partial charge in [-0.1, -0.05) is 20.3 Å². The third-order valence-electron chi connectivity index (χ3n) is 4.65. The Morgan fingerprint density at radius 3 is 2.63 bits per heavy atom. The van der Waals surface area contributed by atoms with Crippen LogP contribution < -0.4 is 0 Å². The van der Waals surface area contributed by atoms with Crippen molar-refractivity contribution in [2.24, 2.45) is 17.8 Å². The van der Waals surface area contributed by atoms with Crippen LogP contribution in [0.25, 0.3) is 0 Å². The Hall–Kier alpha value is -0.650. The second-order valence-corrected chi connectivity index (χ2v) is 6.69. The molecule has 5 atom stereocenters. The molecular formula is C14H22O5. The lowest BCUT2D eigenvalue weighted by atomic mass is 9.65. The Kier molecular flexibility index (Phi) is 2.93. The molecule has 2 saturated heterocycles. The number of esters is 1. The topological polar surface area (TPSA) is 54.0 Å². The third kappa shape index (κ3) is 1.99. The fraction of sp³-hybridized carbons (Fsp3) is 0.929. The first-order valence-electron chi connectivity index (χ1n) is 7.09. The first kappa shape index (κ1) is 13.3. The zero-order chi connectivity index (χ0) is 13.8. The van der Waals surface area contributed by atoms with E-state index < -0.39 is 17.7 Å². The average Bonchev–Trinajstić information content (AvgIpc) is 2.32. The molecule has 0 bridgehead atoms. The minimum Gasteiger partial charge on any atom is -0.432 e. The quantitative estimate of drug-likeness (QED) is 0.500. The van der Waals surface area contributed by atoms with Gasteiger partial charge in [0.15, 0.2) is 11.4 Å². The Morgan fingerprint density at radius 2 is 1.89 bits per heavy atom. The van der Waals surface area contributed by atoms with Gasteiger partial charge >= 0.3 is 5.97 Å². The molecule has 0 aromatic carbocycles. The summed E-state index contributed by atoms with van der Waals surface area (Å²) in [7, 11) is 0. The van der Waals surface area contributed by atoms with E-state index in [9.17, 15) is 4.79 Å². The van der Waals surface area contributed by atoms with Crippen LogP contribution in [0.5, 0.6) is 0 Å². The van der Waals surface area contributed by atoms with Crippen molar-refractivity contribution in [3.05, 3.63) is 0 Å². The summed E-state index contributed by atoms with van der Waals surface area (Å²) in [6.07, 6.45) is 2.19. The summed E-state index contributed by atoms with van der Waals surface area (Å²) in [5.74, 6) is -0.636. The Balaban J connectivity index is 1.95. The van der Waals surface area contributed by atoms with Crippen molar-refractivity contribution in [3.8, 4) is 0 Å². The van der Waals surface area contributed by atoms with E-state index in [1.165, 1.54) is 0 Å². The molecule has 0 radical (unpaired) electrons. The molecule has 0 N–H and O–H groups in total. The zero-order valence-electron chi connectivity index (χ0n) is 12.0. The van der Waals surface area contributed by atoms with E-state index in [0.717, 1.165) is 19.3 Å². The number of carbonyl (C=O) groups excluding carboxylic acids is 1. The number of hydrogen-bond donors (Lipinski definition) is 0. The smallest absolute Gasteiger partial charge is 0.311 e. The maximum absolute atomic E-state index is 12.0. The van der Waals surface area contributed by atoms with Gasteiger partial charge in [-0.25, -0.2) is 9.78 Å². The largest absolute Gasteiger partial charge is 0.432 e. The number of ether oxygens (including phenoxy) is 2. The molecule has 3 aliphatic rings. The molecule has 108 valence electrons. The average molecular weight is 270 g/mol. The standard InChI is InChI=1S/C14H22O5/c1-8-5-6-10-9(2)11(15)16-12-14(10,7-8)19-18-13(3,4)17-12/h8-10,12H,5-7H2,1-4H3/t8-,9-,10?,12?,14-/m1/s1. The van der Waals surface area contributed by atoms with Crippen molar-refractivity contribution >= 4 is 5.97 Å². The number of hydrogen-bond acceptors (Lipinski definition) is 5. The van der Waals surface area contributed by atoms with Crippen molar-refractivity contribution in [1.29, 1.82) is 0 Å². The molecule has 2 aliphatic heterocycles. The molecule has 2 unspecified atom stereocenters.